The lowest BCUT2D eigenvalue weighted by Crippen LogP contribution is -2.49. The number of thiol groups is 1. The number of nitrogens with two attached hydrogens (primary N) is 3. The summed E-state index contributed by atoms with van der Waals surface area (Å²) in [5.41, 5.74) is 15.6. The molecule has 0 spiro atoms. The van der Waals surface area contributed by atoms with Gasteiger partial charge in [0.25, 0.3) is 0 Å². The lowest BCUT2D eigenvalue weighted by molar-refractivity contribution is -0.139. The normalized spacial score (nSPS) is 13.8. The van der Waals surface area contributed by atoms with E-state index in [-0.39, 0.29) is 30.1 Å². The summed E-state index contributed by atoms with van der Waals surface area (Å²) < 4.78 is 0. The predicted molar refractivity (Wildman–Crippen MR) is 120 cm³/mol. The Hall–Kier alpha value is -2.60. The monoisotopic (exact) mass is 515 g/mol. The fourth-order valence-electron chi connectivity index (χ4n) is 1.62. The maximum absolute atomic E-state index is 11.5. The second-order valence-electron chi connectivity index (χ2n) is 6.32. The molecule has 0 aromatic carbocycles. The van der Waals surface area contributed by atoms with Gasteiger partial charge in [-0.2, -0.15) is 24.4 Å². The van der Waals surface area contributed by atoms with Gasteiger partial charge in [0.2, 0.25) is 11.8 Å². The largest absolute Gasteiger partial charge is 0.480 e. The minimum absolute atomic E-state index is 0.0256. The lowest BCUT2D eigenvalue weighted by atomic mass is 10.1. The third-order valence-electron chi connectivity index (χ3n) is 3.48. The molecule has 0 aromatic heterocycles. The minimum atomic E-state index is -1.22. The lowest BCUT2D eigenvalue weighted by Gasteiger charge is -2.16. The molecule has 17 heteroatoms. The third-order valence-corrected chi connectivity index (χ3v) is 5.03. The Bertz CT molecular complexity index is 677. The Morgan fingerprint density at radius 2 is 1.27 bits per heavy atom. The molecule has 0 heterocycles. The number of nitrogens with one attached hydrogen (secondary N) is 2. The molecule has 0 unspecified atom stereocenters. The van der Waals surface area contributed by atoms with Gasteiger partial charge < -0.3 is 48.3 Å². The summed E-state index contributed by atoms with van der Waals surface area (Å²) in [6.07, 6.45) is -0.235. The molecule has 33 heavy (non-hydrogen) atoms. The smallest absolute Gasteiger partial charge is 0.322 e. The molecule has 0 aliphatic carbocycles. The van der Waals surface area contributed by atoms with E-state index in [0.717, 1.165) is 11.8 Å². The van der Waals surface area contributed by atoms with Crippen molar-refractivity contribution in [3.05, 3.63) is 0 Å². The van der Waals surface area contributed by atoms with Gasteiger partial charge in [-0.25, -0.2) is 0 Å². The molecule has 0 saturated heterocycles. The second-order valence-corrected chi connectivity index (χ2v) is 7.76. The molecule has 0 fully saturated rings. The van der Waals surface area contributed by atoms with Crippen molar-refractivity contribution in [2.75, 3.05) is 23.8 Å². The van der Waals surface area contributed by atoms with Crippen LogP contribution in [0, 0.1) is 0 Å². The molecule has 0 bridgehead atoms. The molecule has 0 rings (SSSR count). The van der Waals surface area contributed by atoms with Crippen molar-refractivity contribution in [3.8, 4) is 0 Å². The fourth-order valence-corrected chi connectivity index (χ4v) is 2.81. The number of carboxylic acid groups (broad SMARTS) is 4. The van der Waals surface area contributed by atoms with Crippen LogP contribution in [0.3, 0.4) is 0 Å². The molecule has 0 aliphatic rings. The Kier molecular flexibility index (Phi) is 17.7. The molecule has 12 N–H and O–H groups in total. The highest BCUT2D eigenvalue weighted by Crippen LogP contribution is 2.03. The minimum Gasteiger partial charge on any atom is -0.480 e. The summed E-state index contributed by atoms with van der Waals surface area (Å²) in [5.74, 6) is -5.58. The number of hydrogen-bond acceptors (Lipinski definition) is 11. The van der Waals surface area contributed by atoms with Gasteiger partial charge in [-0.1, -0.05) is 0 Å². The van der Waals surface area contributed by atoms with E-state index in [0.29, 0.717) is 0 Å². The van der Waals surface area contributed by atoms with E-state index in [2.05, 4.69) is 23.3 Å². The number of carboxylic acids is 4. The highest BCUT2D eigenvalue weighted by Gasteiger charge is 2.21. The molecule has 0 radical (unpaired) electrons. The van der Waals surface area contributed by atoms with Crippen LogP contribution < -0.4 is 27.8 Å². The molecular formula is C16H29N5O10S2. The fraction of sp³-hybridized carbons (Fsp3) is 0.625. The summed E-state index contributed by atoms with van der Waals surface area (Å²) in [5, 5.41) is 38.1. The average Bonchev–Trinajstić information content (AvgIpc) is 2.73. The molecule has 4 atom stereocenters. The zero-order chi connectivity index (χ0) is 26.1. The van der Waals surface area contributed by atoms with Gasteiger partial charge in [0.1, 0.15) is 30.7 Å². The molecule has 0 aliphatic heterocycles. The summed E-state index contributed by atoms with van der Waals surface area (Å²) in [6, 6.07) is -4.08. The van der Waals surface area contributed by atoms with Gasteiger partial charge >= 0.3 is 23.9 Å². The van der Waals surface area contributed by atoms with E-state index in [4.69, 9.17) is 37.6 Å². The van der Waals surface area contributed by atoms with Crippen LogP contribution >= 0.6 is 24.4 Å². The maximum atomic E-state index is 11.5. The van der Waals surface area contributed by atoms with Crippen molar-refractivity contribution in [1.29, 1.82) is 0 Å². The zero-order valence-corrected chi connectivity index (χ0v) is 19.1. The Morgan fingerprint density at radius 3 is 1.64 bits per heavy atom. The van der Waals surface area contributed by atoms with E-state index < -0.39 is 66.4 Å². The zero-order valence-electron chi connectivity index (χ0n) is 17.4. The first-order chi connectivity index (χ1) is 15.2. The van der Waals surface area contributed by atoms with Gasteiger partial charge in [-0.3, -0.25) is 28.8 Å². The number of amides is 2. The van der Waals surface area contributed by atoms with Crippen LogP contribution in [0.4, 0.5) is 0 Å². The number of carbonyl (C=O) groups excluding carboxylic acids is 2. The van der Waals surface area contributed by atoms with Crippen molar-refractivity contribution in [1.82, 2.24) is 10.6 Å². The number of aliphatic carboxylic acids is 4. The first kappa shape index (κ1) is 32.6. The van der Waals surface area contributed by atoms with E-state index in [1.807, 2.05) is 0 Å². The molecule has 0 aromatic rings. The van der Waals surface area contributed by atoms with Crippen molar-refractivity contribution in [2.24, 2.45) is 17.2 Å². The second kappa shape index (κ2) is 17.9. The summed E-state index contributed by atoms with van der Waals surface area (Å²) in [6.45, 7) is -0.567. The standard InChI is InChI=1S/C10H17N3O6S.C6H12N2O4S/c11-5(10(18)19)1-2-7(14)13-6(4-20)9(17)12-3-8(15)16;7-3(5(9)10)1-13-2-4(8)6(11)12/h5-6,20H,1-4,11H2,(H,12,17)(H,13,14)(H,15,16)(H,18,19);3-4H,1-2,7-8H2,(H,9,10)(H,11,12)/t5-,6-;3-,4-/m00/s1. The van der Waals surface area contributed by atoms with Crippen LogP contribution in [0.5, 0.6) is 0 Å². The predicted octanol–water partition coefficient (Wildman–Crippen LogP) is -3.66. The van der Waals surface area contributed by atoms with Gasteiger partial charge in [0.15, 0.2) is 0 Å². The summed E-state index contributed by atoms with van der Waals surface area (Å²) >= 11 is 4.99. The topological polar surface area (TPSA) is 285 Å². The van der Waals surface area contributed by atoms with Crippen molar-refractivity contribution in [2.45, 2.75) is 37.0 Å². The van der Waals surface area contributed by atoms with Crippen LogP contribution in [0.1, 0.15) is 12.8 Å². The van der Waals surface area contributed by atoms with Crippen LogP contribution in [0.2, 0.25) is 0 Å². The number of hydrogen-bond donors (Lipinski definition) is 10. The van der Waals surface area contributed by atoms with Crippen LogP contribution in [-0.4, -0.2) is 104 Å². The highest BCUT2D eigenvalue weighted by atomic mass is 32.2. The SMILES string of the molecule is N[C@@H](CCC(=O)N[C@@H](CS)C(=O)NCC(=O)O)C(=O)O.N[C@@H](CSC[C@H](N)C(=O)O)C(=O)O. The van der Waals surface area contributed by atoms with Gasteiger partial charge in [0, 0.05) is 23.7 Å². The van der Waals surface area contributed by atoms with Crippen LogP contribution in [-0.2, 0) is 28.8 Å². The van der Waals surface area contributed by atoms with Gasteiger partial charge in [-0.15, -0.1) is 0 Å². The van der Waals surface area contributed by atoms with E-state index in [1.54, 1.807) is 0 Å². The van der Waals surface area contributed by atoms with E-state index in [9.17, 15) is 28.8 Å². The molecule has 0 saturated carbocycles. The van der Waals surface area contributed by atoms with E-state index in [1.165, 1.54) is 0 Å². The van der Waals surface area contributed by atoms with Gasteiger partial charge in [0.05, 0.1) is 0 Å². The summed E-state index contributed by atoms with van der Waals surface area (Å²) in [4.78, 5) is 64.2. The third kappa shape index (κ3) is 17.6. The molecule has 15 nitrogen and oxygen atoms in total. The van der Waals surface area contributed by atoms with Crippen molar-refractivity contribution >= 4 is 60.1 Å². The number of carbonyl (C=O) groups is 6. The van der Waals surface area contributed by atoms with Crippen molar-refractivity contribution < 1.29 is 49.2 Å². The highest BCUT2D eigenvalue weighted by molar-refractivity contribution is 7.99. The Balaban J connectivity index is 0. The average molecular weight is 516 g/mol. The first-order valence-electron chi connectivity index (χ1n) is 9.15. The van der Waals surface area contributed by atoms with Crippen LogP contribution in [0.25, 0.3) is 0 Å². The van der Waals surface area contributed by atoms with Gasteiger partial charge in [-0.05, 0) is 6.42 Å². The molecular weight excluding hydrogens is 486 g/mol. The maximum Gasteiger partial charge on any atom is 0.322 e. The Labute approximate surface area is 198 Å². The quantitative estimate of drug-likeness (QED) is 0.0940. The Morgan fingerprint density at radius 1 is 0.818 bits per heavy atom. The summed E-state index contributed by atoms with van der Waals surface area (Å²) in [7, 11) is 0. The van der Waals surface area contributed by atoms with E-state index >= 15 is 0 Å². The van der Waals surface area contributed by atoms with Crippen molar-refractivity contribution in [3.63, 3.8) is 0 Å². The number of thioether (sulfide) groups is 1. The van der Waals surface area contributed by atoms with Crippen LogP contribution in [0.15, 0.2) is 0 Å². The molecule has 2 amide bonds. The molecule has 190 valence electrons. The number of rotatable bonds is 15. The first-order valence-corrected chi connectivity index (χ1v) is 10.9.